The highest BCUT2D eigenvalue weighted by Gasteiger charge is 2.36. The van der Waals surface area contributed by atoms with Gasteiger partial charge in [-0.1, -0.05) is 29.4 Å². The number of nitrogens with zero attached hydrogens (tertiary/aromatic N) is 2. The molecule has 2 N–H and O–H groups in total. The van der Waals surface area contributed by atoms with Gasteiger partial charge in [-0.05, 0) is 37.8 Å². The lowest BCUT2D eigenvalue weighted by Crippen LogP contribution is -2.34. The van der Waals surface area contributed by atoms with Crippen LogP contribution in [0.25, 0.3) is 0 Å². The molecule has 1 fully saturated rings. The van der Waals surface area contributed by atoms with Gasteiger partial charge in [0.2, 0.25) is 11.8 Å². The van der Waals surface area contributed by atoms with E-state index in [4.69, 9.17) is 9.26 Å². The summed E-state index contributed by atoms with van der Waals surface area (Å²) in [7, 11) is 0. The van der Waals surface area contributed by atoms with E-state index in [-0.39, 0.29) is 24.3 Å². The average Bonchev–Trinajstić information content (AvgIpc) is 3.20. The number of nitrogens with one attached hydrogen (secondary N) is 1. The number of aliphatic hydroxyl groups is 1. The Morgan fingerprint density at radius 3 is 2.88 bits per heavy atom. The number of carbonyl (C=O) groups is 1. The second-order valence-corrected chi connectivity index (χ2v) is 6.90. The van der Waals surface area contributed by atoms with Crippen molar-refractivity contribution >= 4 is 5.91 Å². The van der Waals surface area contributed by atoms with Crippen molar-refractivity contribution < 1.29 is 19.2 Å². The molecule has 140 valence electrons. The molecule has 0 unspecified atom stereocenters. The molecule has 3 atom stereocenters. The van der Waals surface area contributed by atoms with Gasteiger partial charge in [0.15, 0.2) is 5.82 Å². The first-order valence-corrected chi connectivity index (χ1v) is 8.90. The highest BCUT2D eigenvalue weighted by molar-refractivity contribution is 5.77. The summed E-state index contributed by atoms with van der Waals surface area (Å²) in [6.07, 6.45) is 0.805. The van der Waals surface area contributed by atoms with Gasteiger partial charge in [0.1, 0.15) is 6.61 Å². The standard InChI is InChI=1S/C19H25N3O4/c1-12-5-3-4-6-14(12)10-25-11-18(24)20-9-16-7-15(8-17(16)23)19-21-13(2)22-26-19/h3-6,15-17,23H,7-11H2,1-2H3,(H,20,24)/t15-,16+,17+/m0/s1. The fourth-order valence-corrected chi connectivity index (χ4v) is 3.32. The molecule has 7 nitrogen and oxygen atoms in total. The van der Waals surface area contributed by atoms with Gasteiger partial charge in [-0.2, -0.15) is 4.98 Å². The van der Waals surface area contributed by atoms with Crippen LogP contribution >= 0.6 is 0 Å². The van der Waals surface area contributed by atoms with Crippen molar-refractivity contribution in [3.8, 4) is 0 Å². The minimum Gasteiger partial charge on any atom is -0.393 e. The first-order chi connectivity index (χ1) is 12.5. The van der Waals surface area contributed by atoms with Crippen LogP contribution in [-0.4, -0.2) is 40.4 Å². The van der Waals surface area contributed by atoms with E-state index in [0.717, 1.165) is 11.1 Å². The topological polar surface area (TPSA) is 97.5 Å². The van der Waals surface area contributed by atoms with Crippen LogP contribution in [0.15, 0.2) is 28.8 Å². The summed E-state index contributed by atoms with van der Waals surface area (Å²) in [4.78, 5) is 16.2. The third-order valence-corrected chi connectivity index (χ3v) is 4.86. The normalized spacial score (nSPS) is 22.5. The van der Waals surface area contributed by atoms with Crippen molar-refractivity contribution in [1.82, 2.24) is 15.5 Å². The Bertz CT molecular complexity index is 746. The molecule has 0 radical (unpaired) electrons. The molecule has 0 aliphatic heterocycles. The van der Waals surface area contributed by atoms with E-state index in [9.17, 15) is 9.90 Å². The lowest BCUT2D eigenvalue weighted by molar-refractivity contribution is -0.126. The third-order valence-electron chi connectivity index (χ3n) is 4.86. The molecule has 2 aromatic rings. The van der Waals surface area contributed by atoms with E-state index in [1.165, 1.54) is 0 Å². The summed E-state index contributed by atoms with van der Waals surface area (Å²) >= 11 is 0. The fourth-order valence-electron chi connectivity index (χ4n) is 3.32. The zero-order valence-corrected chi connectivity index (χ0v) is 15.1. The predicted molar refractivity (Wildman–Crippen MR) is 94.4 cm³/mol. The molecule has 1 aromatic heterocycles. The van der Waals surface area contributed by atoms with Crippen LogP contribution in [0.2, 0.25) is 0 Å². The molecule has 0 spiro atoms. The Labute approximate surface area is 152 Å². The third kappa shape index (κ3) is 4.68. The number of amides is 1. The van der Waals surface area contributed by atoms with Crippen LogP contribution in [-0.2, 0) is 16.1 Å². The molecule has 1 saturated carbocycles. The maximum atomic E-state index is 12.0. The summed E-state index contributed by atoms with van der Waals surface area (Å²) < 4.78 is 10.7. The Morgan fingerprint density at radius 1 is 1.35 bits per heavy atom. The summed E-state index contributed by atoms with van der Waals surface area (Å²) in [5, 5.41) is 16.9. The van der Waals surface area contributed by atoms with Crippen molar-refractivity contribution in [2.75, 3.05) is 13.2 Å². The monoisotopic (exact) mass is 359 g/mol. The van der Waals surface area contributed by atoms with Crippen LogP contribution in [0.1, 0.15) is 41.6 Å². The van der Waals surface area contributed by atoms with E-state index >= 15 is 0 Å². The molecule has 1 aliphatic carbocycles. The summed E-state index contributed by atoms with van der Waals surface area (Å²) in [6.45, 7) is 4.61. The van der Waals surface area contributed by atoms with Gasteiger partial charge in [0.25, 0.3) is 0 Å². The Kier molecular flexibility index (Phi) is 6.00. The average molecular weight is 359 g/mol. The van der Waals surface area contributed by atoms with E-state index in [0.29, 0.717) is 37.7 Å². The molecular weight excluding hydrogens is 334 g/mol. The number of hydrogen-bond acceptors (Lipinski definition) is 6. The number of ether oxygens (including phenoxy) is 1. The summed E-state index contributed by atoms with van der Waals surface area (Å²) in [6, 6.07) is 7.93. The zero-order chi connectivity index (χ0) is 18.5. The molecule has 26 heavy (non-hydrogen) atoms. The van der Waals surface area contributed by atoms with Crippen molar-refractivity contribution in [3.05, 3.63) is 47.1 Å². The lowest BCUT2D eigenvalue weighted by atomic mass is 10.0. The van der Waals surface area contributed by atoms with E-state index in [1.54, 1.807) is 6.92 Å². The fraction of sp³-hybridized carbons (Fsp3) is 0.526. The van der Waals surface area contributed by atoms with Crippen molar-refractivity contribution in [2.45, 2.75) is 45.3 Å². The van der Waals surface area contributed by atoms with Crippen LogP contribution in [0.3, 0.4) is 0 Å². The zero-order valence-electron chi connectivity index (χ0n) is 15.1. The first-order valence-electron chi connectivity index (χ1n) is 8.90. The molecule has 1 aliphatic rings. The van der Waals surface area contributed by atoms with E-state index < -0.39 is 6.10 Å². The molecular formula is C19H25N3O4. The number of aryl methyl sites for hydroxylation is 2. The Morgan fingerprint density at radius 2 is 2.15 bits per heavy atom. The number of carbonyl (C=O) groups excluding carboxylic acids is 1. The van der Waals surface area contributed by atoms with Gasteiger partial charge in [-0.3, -0.25) is 4.79 Å². The molecule has 0 bridgehead atoms. The quantitative estimate of drug-likeness (QED) is 0.783. The van der Waals surface area contributed by atoms with Gasteiger partial charge in [0, 0.05) is 18.4 Å². The molecule has 0 saturated heterocycles. The molecule has 1 amide bonds. The van der Waals surface area contributed by atoms with Crippen LogP contribution in [0.5, 0.6) is 0 Å². The van der Waals surface area contributed by atoms with Crippen LogP contribution < -0.4 is 5.32 Å². The summed E-state index contributed by atoms with van der Waals surface area (Å²) in [5.41, 5.74) is 2.22. The predicted octanol–water partition coefficient (Wildman–Crippen LogP) is 1.87. The van der Waals surface area contributed by atoms with Crippen LogP contribution in [0, 0.1) is 19.8 Å². The molecule has 7 heteroatoms. The molecule has 3 rings (SSSR count). The van der Waals surface area contributed by atoms with E-state index in [1.807, 2.05) is 31.2 Å². The highest BCUT2D eigenvalue weighted by atomic mass is 16.5. The lowest BCUT2D eigenvalue weighted by Gasteiger charge is -2.15. The van der Waals surface area contributed by atoms with Crippen molar-refractivity contribution in [3.63, 3.8) is 0 Å². The van der Waals surface area contributed by atoms with Gasteiger partial charge >= 0.3 is 0 Å². The SMILES string of the molecule is Cc1noc([C@H]2C[C@H](CNC(=O)COCc3ccccc3C)[C@H](O)C2)n1. The maximum Gasteiger partial charge on any atom is 0.246 e. The van der Waals surface area contributed by atoms with E-state index in [2.05, 4.69) is 15.5 Å². The van der Waals surface area contributed by atoms with Gasteiger partial charge in [-0.25, -0.2) is 0 Å². The number of aromatic nitrogens is 2. The van der Waals surface area contributed by atoms with Gasteiger partial charge in [0.05, 0.1) is 12.7 Å². The summed E-state index contributed by atoms with van der Waals surface area (Å²) in [5.74, 6) is 1.01. The second kappa shape index (κ2) is 8.42. The number of aliphatic hydroxyl groups excluding tert-OH is 1. The molecule has 1 aromatic carbocycles. The van der Waals surface area contributed by atoms with Gasteiger partial charge < -0.3 is 19.7 Å². The van der Waals surface area contributed by atoms with Crippen molar-refractivity contribution in [2.24, 2.45) is 5.92 Å². The van der Waals surface area contributed by atoms with Gasteiger partial charge in [-0.15, -0.1) is 0 Å². The number of benzene rings is 1. The second-order valence-electron chi connectivity index (χ2n) is 6.90. The number of hydrogen-bond donors (Lipinski definition) is 2. The van der Waals surface area contributed by atoms with Crippen molar-refractivity contribution in [1.29, 1.82) is 0 Å². The van der Waals surface area contributed by atoms with Crippen LogP contribution in [0.4, 0.5) is 0 Å². The number of rotatable bonds is 7. The first kappa shape index (κ1) is 18.5. The minimum atomic E-state index is -0.486. The Balaban J connectivity index is 1.39. The minimum absolute atomic E-state index is 0.00341. The molecule has 1 heterocycles. The Hall–Kier alpha value is -2.25. The highest BCUT2D eigenvalue weighted by Crippen LogP contribution is 2.37. The smallest absolute Gasteiger partial charge is 0.246 e. The largest absolute Gasteiger partial charge is 0.393 e. The maximum absolute atomic E-state index is 12.0.